The summed E-state index contributed by atoms with van der Waals surface area (Å²) in [6.07, 6.45) is 0.0505. The Morgan fingerprint density at radius 3 is 2.21 bits per heavy atom. The number of Topliss-reactive ketones (excluding diaryl/α,β-unsaturated/α-hetero) is 1. The average molecular weight is 532 g/mol. The number of ketones is 1. The summed E-state index contributed by atoms with van der Waals surface area (Å²) in [7, 11) is 1.30. The van der Waals surface area contributed by atoms with Crippen molar-refractivity contribution in [3.05, 3.63) is 89.0 Å². The van der Waals surface area contributed by atoms with Crippen molar-refractivity contribution in [1.82, 2.24) is 0 Å². The summed E-state index contributed by atoms with van der Waals surface area (Å²) in [6, 6.07) is 16.5. The van der Waals surface area contributed by atoms with E-state index in [1.807, 2.05) is 6.92 Å². The van der Waals surface area contributed by atoms with Crippen molar-refractivity contribution in [2.24, 2.45) is 0 Å². The summed E-state index contributed by atoms with van der Waals surface area (Å²) < 4.78 is 16.0. The number of anilines is 1. The maximum Gasteiger partial charge on any atom is 0.309 e. The van der Waals surface area contributed by atoms with E-state index in [4.69, 9.17) is 14.2 Å². The van der Waals surface area contributed by atoms with Crippen LogP contribution in [0.5, 0.6) is 17.2 Å². The van der Waals surface area contributed by atoms with E-state index in [0.717, 1.165) is 0 Å². The van der Waals surface area contributed by atoms with Gasteiger partial charge in [-0.3, -0.25) is 19.3 Å². The number of carbonyl (C=O) groups is 3. The van der Waals surface area contributed by atoms with Gasteiger partial charge in [0.25, 0.3) is 11.7 Å². The number of aliphatic hydroxyl groups is 1. The molecule has 1 atom stereocenters. The molecule has 1 amide bonds. The van der Waals surface area contributed by atoms with Crippen LogP contribution in [-0.2, 0) is 25.5 Å². The second kappa shape index (κ2) is 11.7. The average Bonchev–Trinajstić information content (AvgIpc) is 3.19. The molecule has 1 fully saturated rings. The molecule has 202 valence electrons. The predicted molar refractivity (Wildman–Crippen MR) is 144 cm³/mol. The number of amides is 1. The summed E-state index contributed by atoms with van der Waals surface area (Å²) in [5, 5.41) is 21.4. The molecule has 1 saturated heterocycles. The van der Waals surface area contributed by atoms with Crippen LogP contribution in [0.15, 0.2) is 72.3 Å². The summed E-state index contributed by atoms with van der Waals surface area (Å²) in [4.78, 5) is 39.8. The number of hydrogen-bond acceptors (Lipinski definition) is 8. The molecule has 0 saturated carbocycles. The molecule has 0 radical (unpaired) electrons. The minimum Gasteiger partial charge on any atom is -0.508 e. The molecule has 0 aromatic heterocycles. The highest BCUT2D eigenvalue weighted by Crippen LogP contribution is 2.44. The lowest BCUT2D eigenvalue weighted by Crippen LogP contribution is -2.29. The fourth-order valence-corrected chi connectivity index (χ4v) is 4.46. The van der Waals surface area contributed by atoms with E-state index >= 15 is 0 Å². The first-order valence-corrected chi connectivity index (χ1v) is 12.4. The Labute approximate surface area is 225 Å². The van der Waals surface area contributed by atoms with Crippen molar-refractivity contribution in [2.75, 3.05) is 25.2 Å². The molecule has 9 nitrogen and oxygen atoms in total. The van der Waals surface area contributed by atoms with Crippen LogP contribution in [0, 0.1) is 0 Å². The molecule has 4 rings (SSSR count). The Hall–Kier alpha value is -4.79. The summed E-state index contributed by atoms with van der Waals surface area (Å²) in [5.41, 5.74) is 1.65. The Morgan fingerprint density at radius 2 is 1.59 bits per heavy atom. The van der Waals surface area contributed by atoms with Gasteiger partial charge < -0.3 is 24.4 Å². The lowest BCUT2D eigenvalue weighted by Gasteiger charge is -2.26. The van der Waals surface area contributed by atoms with Gasteiger partial charge in [0.05, 0.1) is 43.9 Å². The van der Waals surface area contributed by atoms with Crippen LogP contribution in [-0.4, -0.2) is 48.2 Å². The van der Waals surface area contributed by atoms with E-state index in [-0.39, 0.29) is 23.3 Å². The molecule has 0 aliphatic carbocycles. The Balaban J connectivity index is 1.87. The third-order valence-corrected chi connectivity index (χ3v) is 6.26. The Morgan fingerprint density at radius 1 is 0.923 bits per heavy atom. The van der Waals surface area contributed by atoms with Gasteiger partial charge in [0, 0.05) is 11.8 Å². The highest BCUT2D eigenvalue weighted by atomic mass is 16.5. The smallest absolute Gasteiger partial charge is 0.309 e. The normalized spacial score (nSPS) is 16.3. The Kier molecular flexibility index (Phi) is 8.19. The van der Waals surface area contributed by atoms with Crippen molar-refractivity contribution in [1.29, 1.82) is 0 Å². The molecule has 1 heterocycles. The fourth-order valence-electron chi connectivity index (χ4n) is 4.46. The van der Waals surface area contributed by atoms with Crippen LogP contribution in [0.25, 0.3) is 5.76 Å². The van der Waals surface area contributed by atoms with Gasteiger partial charge in [-0.2, -0.15) is 0 Å². The van der Waals surface area contributed by atoms with Crippen molar-refractivity contribution in [2.45, 2.75) is 26.3 Å². The van der Waals surface area contributed by atoms with E-state index in [1.165, 1.54) is 24.1 Å². The molecule has 3 aromatic rings. The van der Waals surface area contributed by atoms with Crippen LogP contribution in [0.3, 0.4) is 0 Å². The molecule has 3 aromatic carbocycles. The van der Waals surface area contributed by atoms with E-state index in [0.29, 0.717) is 41.5 Å². The van der Waals surface area contributed by atoms with Gasteiger partial charge in [-0.25, -0.2) is 0 Å². The third kappa shape index (κ3) is 5.57. The minimum atomic E-state index is -1.00. The number of aromatic hydroxyl groups is 1. The van der Waals surface area contributed by atoms with Gasteiger partial charge in [-0.1, -0.05) is 24.3 Å². The fraction of sp³-hybridized carbons (Fsp3) is 0.233. The van der Waals surface area contributed by atoms with Crippen molar-refractivity contribution in [3.63, 3.8) is 0 Å². The number of methoxy groups -OCH3 is 1. The number of nitrogens with zero attached hydrogens (tertiary/aromatic N) is 1. The molecular weight excluding hydrogens is 502 g/mol. The lowest BCUT2D eigenvalue weighted by atomic mass is 9.94. The quantitative estimate of drug-likeness (QED) is 0.179. The summed E-state index contributed by atoms with van der Waals surface area (Å²) in [5.74, 6) is -1.69. The zero-order valence-corrected chi connectivity index (χ0v) is 21.8. The van der Waals surface area contributed by atoms with E-state index < -0.39 is 29.5 Å². The number of ether oxygens (including phenoxy) is 3. The number of phenols is 1. The second-order valence-corrected chi connectivity index (χ2v) is 8.70. The van der Waals surface area contributed by atoms with Crippen LogP contribution < -0.4 is 14.4 Å². The zero-order chi connectivity index (χ0) is 28.1. The summed E-state index contributed by atoms with van der Waals surface area (Å²) >= 11 is 0. The van der Waals surface area contributed by atoms with Gasteiger partial charge >= 0.3 is 5.97 Å². The first kappa shape index (κ1) is 27.3. The second-order valence-electron chi connectivity index (χ2n) is 8.70. The van der Waals surface area contributed by atoms with Gasteiger partial charge in [0.15, 0.2) is 0 Å². The van der Waals surface area contributed by atoms with Crippen LogP contribution in [0.1, 0.15) is 36.6 Å². The maximum absolute atomic E-state index is 13.5. The van der Waals surface area contributed by atoms with Crippen LogP contribution in [0.4, 0.5) is 5.69 Å². The standard InChI is InChI=1S/C30H29NO8/c1-4-38-22-14-15-23(24(17-22)39-5-2)28(34)26-27(19-8-12-21(32)13-9-19)31(30(36)29(26)35)20-10-6-18(7-11-20)16-25(33)37-3/h6-15,17,27,32,34H,4-5,16H2,1-3H3/b28-26-. The molecule has 9 heteroatoms. The molecular formula is C30H29NO8. The van der Waals surface area contributed by atoms with Gasteiger partial charge in [0.1, 0.15) is 23.0 Å². The van der Waals surface area contributed by atoms with Crippen LogP contribution >= 0.6 is 0 Å². The van der Waals surface area contributed by atoms with Crippen molar-refractivity contribution >= 4 is 29.1 Å². The number of esters is 1. The zero-order valence-electron chi connectivity index (χ0n) is 21.8. The largest absolute Gasteiger partial charge is 0.508 e. The number of hydrogen-bond donors (Lipinski definition) is 2. The molecule has 39 heavy (non-hydrogen) atoms. The predicted octanol–water partition coefficient (Wildman–Crippen LogP) is 4.53. The third-order valence-electron chi connectivity index (χ3n) is 6.26. The highest BCUT2D eigenvalue weighted by molar-refractivity contribution is 6.51. The van der Waals surface area contributed by atoms with Gasteiger partial charge in [-0.05, 0) is 61.4 Å². The molecule has 0 bridgehead atoms. The van der Waals surface area contributed by atoms with Gasteiger partial charge in [0.2, 0.25) is 0 Å². The Bertz CT molecular complexity index is 1410. The van der Waals surface area contributed by atoms with E-state index in [9.17, 15) is 24.6 Å². The summed E-state index contributed by atoms with van der Waals surface area (Å²) in [6.45, 7) is 4.36. The van der Waals surface area contributed by atoms with E-state index in [1.54, 1.807) is 61.5 Å². The number of aliphatic hydroxyl groups excluding tert-OH is 1. The molecule has 1 aliphatic heterocycles. The minimum absolute atomic E-state index is 0.00742. The number of benzene rings is 3. The topological polar surface area (TPSA) is 123 Å². The maximum atomic E-state index is 13.5. The molecule has 1 aliphatic rings. The molecule has 2 N–H and O–H groups in total. The van der Waals surface area contributed by atoms with Gasteiger partial charge in [-0.15, -0.1) is 0 Å². The number of carbonyl (C=O) groups excluding carboxylic acids is 3. The molecule has 0 spiro atoms. The monoisotopic (exact) mass is 531 g/mol. The van der Waals surface area contributed by atoms with E-state index in [2.05, 4.69) is 0 Å². The first-order chi connectivity index (χ1) is 18.8. The molecule has 1 unspecified atom stereocenters. The lowest BCUT2D eigenvalue weighted by molar-refractivity contribution is -0.139. The highest BCUT2D eigenvalue weighted by Gasteiger charge is 2.47. The van der Waals surface area contributed by atoms with Crippen LogP contribution in [0.2, 0.25) is 0 Å². The SMILES string of the molecule is CCOc1ccc(/C(O)=C2/C(=O)C(=O)N(c3ccc(CC(=O)OC)cc3)C2c2ccc(O)cc2)c(OCC)c1. The number of phenolic OH excluding ortho intramolecular Hbond substituents is 1. The van der Waals surface area contributed by atoms with Crippen molar-refractivity contribution in [3.8, 4) is 17.2 Å². The first-order valence-electron chi connectivity index (χ1n) is 12.4. The van der Waals surface area contributed by atoms with Crippen molar-refractivity contribution < 1.29 is 38.8 Å². The number of rotatable bonds is 9.